The van der Waals surface area contributed by atoms with Crippen LogP contribution in [0.2, 0.25) is 5.02 Å². The van der Waals surface area contributed by atoms with E-state index < -0.39 is 23.7 Å². The Hall–Kier alpha value is -1.62. The van der Waals surface area contributed by atoms with Gasteiger partial charge in [0.1, 0.15) is 5.82 Å². The number of hydrogen-bond acceptors (Lipinski definition) is 4. The second-order valence-electron chi connectivity index (χ2n) is 3.55. The first-order valence-electron chi connectivity index (χ1n) is 5.09. The van der Waals surface area contributed by atoms with E-state index in [1.54, 1.807) is 0 Å². The average molecular weight is 275 g/mol. The Kier molecular flexibility index (Phi) is 5.09. The van der Waals surface area contributed by atoms with Crippen LogP contribution < -0.4 is 0 Å². The summed E-state index contributed by atoms with van der Waals surface area (Å²) in [7, 11) is 2.33. The molecule has 0 radical (unpaired) electrons. The normalized spacial score (nSPS) is 10.3. The summed E-state index contributed by atoms with van der Waals surface area (Å²) in [6, 6.07) is 4.06. The van der Waals surface area contributed by atoms with E-state index in [1.165, 1.54) is 32.4 Å². The minimum absolute atomic E-state index is 0.00651. The van der Waals surface area contributed by atoms with Crippen LogP contribution in [0.3, 0.4) is 0 Å². The molecule has 0 aliphatic rings. The fourth-order valence-electron chi connectivity index (χ4n) is 1.45. The van der Waals surface area contributed by atoms with Crippen LogP contribution in [0.25, 0.3) is 0 Å². The van der Waals surface area contributed by atoms with Crippen LogP contribution in [0, 0.1) is 11.7 Å². The number of carbonyl (C=O) groups excluding carboxylic acids is 2. The molecule has 98 valence electrons. The third-order valence-electron chi connectivity index (χ3n) is 2.40. The maximum atomic E-state index is 13.2. The SMILES string of the molecule is COC(=O)C(Cc1ccc(Cl)c(F)c1)C(=O)OC. The molecule has 0 amide bonds. The number of benzene rings is 1. The molecule has 0 aliphatic heterocycles. The molecule has 4 nitrogen and oxygen atoms in total. The summed E-state index contributed by atoms with van der Waals surface area (Å²) >= 11 is 5.54. The van der Waals surface area contributed by atoms with Gasteiger partial charge in [0.2, 0.25) is 0 Å². The van der Waals surface area contributed by atoms with Crippen molar-refractivity contribution < 1.29 is 23.5 Å². The van der Waals surface area contributed by atoms with E-state index in [9.17, 15) is 14.0 Å². The molecule has 0 bridgehead atoms. The van der Waals surface area contributed by atoms with E-state index >= 15 is 0 Å². The van der Waals surface area contributed by atoms with Crippen molar-refractivity contribution in [2.24, 2.45) is 5.92 Å². The zero-order valence-electron chi connectivity index (χ0n) is 9.91. The summed E-state index contributed by atoms with van der Waals surface area (Å²) in [5.41, 5.74) is 0.456. The molecule has 0 heterocycles. The Morgan fingerprint density at radius 1 is 1.28 bits per heavy atom. The molecular weight excluding hydrogens is 263 g/mol. The highest BCUT2D eigenvalue weighted by atomic mass is 35.5. The topological polar surface area (TPSA) is 52.6 Å². The molecule has 0 unspecified atom stereocenters. The van der Waals surface area contributed by atoms with E-state index in [4.69, 9.17) is 11.6 Å². The van der Waals surface area contributed by atoms with Gasteiger partial charge in [0, 0.05) is 0 Å². The smallest absolute Gasteiger partial charge is 0.320 e. The number of halogens is 2. The van der Waals surface area contributed by atoms with Crippen LogP contribution in [-0.4, -0.2) is 26.2 Å². The highest BCUT2D eigenvalue weighted by Crippen LogP contribution is 2.19. The van der Waals surface area contributed by atoms with Gasteiger partial charge in [0.05, 0.1) is 19.2 Å². The van der Waals surface area contributed by atoms with Crippen molar-refractivity contribution in [1.29, 1.82) is 0 Å². The lowest BCUT2D eigenvalue weighted by Gasteiger charge is -2.12. The van der Waals surface area contributed by atoms with E-state index in [1.807, 2.05) is 0 Å². The first-order valence-corrected chi connectivity index (χ1v) is 5.47. The predicted octanol–water partition coefficient (Wildman–Crippen LogP) is 1.98. The van der Waals surface area contributed by atoms with Gasteiger partial charge in [-0.05, 0) is 24.1 Å². The predicted molar refractivity (Wildman–Crippen MR) is 62.6 cm³/mol. The van der Waals surface area contributed by atoms with Crippen LogP contribution in [0.5, 0.6) is 0 Å². The van der Waals surface area contributed by atoms with Crippen LogP contribution in [0.4, 0.5) is 4.39 Å². The largest absolute Gasteiger partial charge is 0.468 e. The fraction of sp³-hybridized carbons (Fsp3) is 0.333. The molecule has 0 saturated heterocycles. The summed E-state index contributed by atoms with van der Waals surface area (Å²) in [6.45, 7) is 0. The third-order valence-corrected chi connectivity index (χ3v) is 2.70. The zero-order chi connectivity index (χ0) is 13.7. The molecular formula is C12H12ClFO4. The van der Waals surface area contributed by atoms with Gasteiger partial charge in [-0.1, -0.05) is 17.7 Å². The highest BCUT2D eigenvalue weighted by molar-refractivity contribution is 6.30. The minimum Gasteiger partial charge on any atom is -0.468 e. The molecule has 0 spiro atoms. The molecule has 0 N–H and O–H groups in total. The Morgan fingerprint density at radius 2 is 1.83 bits per heavy atom. The lowest BCUT2D eigenvalue weighted by molar-refractivity contribution is -0.158. The minimum atomic E-state index is -1.11. The Balaban J connectivity index is 2.92. The second-order valence-corrected chi connectivity index (χ2v) is 3.96. The van der Waals surface area contributed by atoms with Gasteiger partial charge in [-0.15, -0.1) is 0 Å². The van der Waals surface area contributed by atoms with Crippen molar-refractivity contribution in [2.75, 3.05) is 14.2 Å². The highest BCUT2D eigenvalue weighted by Gasteiger charge is 2.28. The quantitative estimate of drug-likeness (QED) is 0.622. The second kappa shape index (κ2) is 6.35. The van der Waals surface area contributed by atoms with Gasteiger partial charge < -0.3 is 9.47 Å². The van der Waals surface area contributed by atoms with Gasteiger partial charge in [-0.3, -0.25) is 9.59 Å². The summed E-state index contributed by atoms with van der Waals surface area (Å²) in [6.07, 6.45) is -0.00651. The van der Waals surface area contributed by atoms with E-state index in [0.29, 0.717) is 5.56 Å². The van der Waals surface area contributed by atoms with Gasteiger partial charge in [0.15, 0.2) is 5.92 Å². The summed E-state index contributed by atoms with van der Waals surface area (Å²) < 4.78 is 22.2. The average Bonchev–Trinajstić information content (AvgIpc) is 2.38. The molecule has 0 saturated carbocycles. The first-order chi connectivity index (χ1) is 8.49. The number of ether oxygens (including phenoxy) is 2. The Morgan fingerprint density at radius 3 is 2.28 bits per heavy atom. The fourth-order valence-corrected chi connectivity index (χ4v) is 1.57. The molecule has 0 fully saturated rings. The van der Waals surface area contributed by atoms with Crippen molar-refractivity contribution in [3.8, 4) is 0 Å². The zero-order valence-corrected chi connectivity index (χ0v) is 10.7. The van der Waals surface area contributed by atoms with Crippen molar-refractivity contribution in [1.82, 2.24) is 0 Å². The number of methoxy groups -OCH3 is 2. The van der Waals surface area contributed by atoms with E-state index in [2.05, 4.69) is 9.47 Å². The lowest BCUT2D eigenvalue weighted by Crippen LogP contribution is -2.28. The number of hydrogen-bond donors (Lipinski definition) is 0. The van der Waals surface area contributed by atoms with Crippen LogP contribution in [0.15, 0.2) is 18.2 Å². The molecule has 18 heavy (non-hydrogen) atoms. The maximum absolute atomic E-state index is 13.2. The van der Waals surface area contributed by atoms with Crippen molar-refractivity contribution >= 4 is 23.5 Å². The van der Waals surface area contributed by atoms with Gasteiger partial charge in [-0.2, -0.15) is 0 Å². The number of carbonyl (C=O) groups is 2. The van der Waals surface area contributed by atoms with Gasteiger partial charge >= 0.3 is 11.9 Å². The van der Waals surface area contributed by atoms with Gasteiger partial charge in [0.25, 0.3) is 0 Å². The molecule has 1 aromatic carbocycles. The molecule has 6 heteroatoms. The summed E-state index contributed by atoms with van der Waals surface area (Å²) in [4.78, 5) is 22.9. The van der Waals surface area contributed by atoms with Crippen molar-refractivity contribution in [3.63, 3.8) is 0 Å². The maximum Gasteiger partial charge on any atom is 0.320 e. The van der Waals surface area contributed by atoms with Gasteiger partial charge in [-0.25, -0.2) is 4.39 Å². The number of esters is 2. The van der Waals surface area contributed by atoms with Crippen molar-refractivity contribution in [3.05, 3.63) is 34.6 Å². The van der Waals surface area contributed by atoms with Crippen LogP contribution in [0.1, 0.15) is 5.56 Å². The van der Waals surface area contributed by atoms with Crippen LogP contribution in [-0.2, 0) is 25.5 Å². The summed E-state index contributed by atoms with van der Waals surface area (Å²) in [5, 5.41) is -0.0218. The molecule has 0 atom stereocenters. The van der Waals surface area contributed by atoms with E-state index in [0.717, 1.165) is 0 Å². The lowest BCUT2D eigenvalue weighted by atomic mass is 9.99. The first kappa shape index (κ1) is 14.4. The molecule has 1 aromatic rings. The standard InChI is InChI=1S/C12H12ClFO4/c1-17-11(15)8(12(16)18-2)5-7-3-4-9(13)10(14)6-7/h3-4,6,8H,5H2,1-2H3. The van der Waals surface area contributed by atoms with Crippen LogP contribution >= 0.6 is 11.6 Å². The Bertz CT molecular complexity index is 445. The molecule has 1 rings (SSSR count). The van der Waals surface area contributed by atoms with E-state index in [-0.39, 0.29) is 11.4 Å². The molecule has 0 aliphatic carbocycles. The third kappa shape index (κ3) is 3.43. The Labute approximate surface area is 109 Å². The summed E-state index contributed by atoms with van der Waals surface area (Å²) in [5.74, 6) is -3.17. The number of rotatable bonds is 4. The van der Waals surface area contributed by atoms with Crippen molar-refractivity contribution in [2.45, 2.75) is 6.42 Å². The monoisotopic (exact) mass is 274 g/mol. The molecule has 0 aromatic heterocycles.